The molecule has 1 heterocycles. The van der Waals surface area contributed by atoms with Gasteiger partial charge in [0.2, 0.25) is 11.7 Å². The number of aryl methyl sites for hydroxylation is 1. The lowest BCUT2D eigenvalue weighted by atomic mass is 10.1. The number of amides is 1. The Morgan fingerprint density at radius 2 is 1.96 bits per heavy atom. The first kappa shape index (κ1) is 19.5. The van der Waals surface area contributed by atoms with Crippen molar-refractivity contribution in [3.05, 3.63) is 74.6 Å². The first-order chi connectivity index (χ1) is 13.4. The minimum Gasteiger partial charge on any atom is -0.337 e. The highest BCUT2D eigenvalue weighted by Gasteiger charge is 2.22. The van der Waals surface area contributed by atoms with E-state index in [1.807, 2.05) is 31.2 Å². The quantitative estimate of drug-likeness (QED) is 0.452. The molecule has 0 saturated heterocycles. The fraction of sp³-hybridized carbons (Fsp3) is 0.211. The van der Waals surface area contributed by atoms with Crippen molar-refractivity contribution in [2.75, 3.05) is 6.54 Å². The van der Waals surface area contributed by atoms with E-state index in [0.717, 1.165) is 11.1 Å². The summed E-state index contributed by atoms with van der Waals surface area (Å²) in [5.41, 5.74) is 1.76. The van der Waals surface area contributed by atoms with Crippen molar-refractivity contribution in [3.8, 4) is 11.4 Å². The summed E-state index contributed by atoms with van der Waals surface area (Å²) in [6.07, 6.45) is 0. The van der Waals surface area contributed by atoms with E-state index in [1.165, 1.54) is 23.1 Å². The van der Waals surface area contributed by atoms with Crippen LogP contribution in [0, 0.1) is 17.0 Å². The molecule has 8 nitrogen and oxygen atoms in total. The first-order valence-corrected chi connectivity index (χ1v) is 8.89. The van der Waals surface area contributed by atoms with Gasteiger partial charge < -0.3 is 9.42 Å². The van der Waals surface area contributed by atoms with Gasteiger partial charge in [-0.25, -0.2) is 0 Å². The Morgan fingerprint density at radius 1 is 1.25 bits per heavy atom. The first-order valence-electron chi connectivity index (χ1n) is 8.52. The van der Waals surface area contributed by atoms with E-state index in [4.69, 9.17) is 16.1 Å². The minimum atomic E-state index is -0.574. The van der Waals surface area contributed by atoms with Crippen LogP contribution in [0.15, 0.2) is 47.0 Å². The summed E-state index contributed by atoms with van der Waals surface area (Å²) in [4.78, 5) is 29.0. The number of nitro benzene ring substituents is 1. The van der Waals surface area contributed by atoms with E-state index >= 15 is 0 Å². The number of aromatic nitrogens is 2. The normalized spacial score (nSPS) is 10.7. The number of non-ortho nitro benzene ring substituents is 1. The lowest BCUT2D eigenvalue weighted by molar-refractivity contribution is -0.384. The van der Waals surface area contributed by atoms with Crippen LogP contribution in [0.4, 0.5) is 5.69 Å². The minimum absolute atomic E-state index is 0.0518. The van der Waals surface area contributed by atoms with Crippen molar-refractivity contribution in [2.45, 2.75) is 20.4 Å². The van der Waals surface area contributed by atoms with Gasteiger partial charge >= 0.3 is 0 Å². The maximum atomic E-state index is 12.8. The van der Waals surface area contributed by atoms with Crippen molar-refractivity contribution in [3.63, 3.8) is 0 Å². The highest BCUT2D eigenvalue weighted by Crippen LogP contribution is 2.24. The molecule has 0 fully saturated rings. The fourth-order valence-electron chi connectivity index (χ4n) is 2.59. The molecule has 0 spiro atoms. The van der Waals surface area contributed by atoms with Crippen LogP contribution in [-0.4, -0.2) is 32.4 Å². The van der Waals surface area contributed by atoms with Crippen molar-refractivity contribution < 1.29 is 14.2 Å². The highest BCUT2D eigenvalue weighted by atomic mass is 35.5. The van der Waals surface area contributed by atoms with Crippen molar-refractivity contribution in [2.24, 2.45) is 0 Å². The van der Waals surface area contributed by atoms with Crippen molar-refractivity contribution >= 4 is 23.2 Å². The smallest absolute Gasteiger partial charge is 0.270 e. The third-order valence-corrected chi connectivity index (χ3v) is 4.49. The number of carbonyl (C=O) groups is 1. The largest absolute Gasteiger partial charge is 0.337 e. The molecule has 0 radical (unpaired) electrons. The molecular weight excluding hydrogens is 384 g/mol. The van der Waals surface area contributed by atoms with Crippen molar-refractivity contribution in [1.29, 1.82) is 0 Å². The lowest BCUT2D eigenvalue weighted by Gasteiger charge is -2.19. The number of nitrogens with zero attached hydrogens (tertiary/aromatic N) is 4. The SMILES string of the molecule is CCN(Cc1nc(-c2ccc(C)cc2)no1)C(=O)c1cc([N+](=O)[O-])ccc1Cl. The van der Waals surface area contributed by atoms with Crippen molar-refractivity contribution in [1.82, 2.24) is 15.0 Å². The summed E-state index contributed by atoms with van der Waals surface area (Å²) in [7, 11) is 0. The standard InChI is InChI=1S/C19H17ClN4O4/c1-3-23(19(25)15-10-14(24(26)27)8-9-16(15)20)11-17-21-18(22-28-17)13-6-4-12(2)5-7-13/h4-10H,3,11H2,1-2H3. The molecule has 1 amide bonds. The Kier molecular flexibility index (Phi) is 5.70. The number of benzene rings is 2. The van der Waals surface area contributed by atoms with E-state index in [-0.39, 0.29) is 28.7 Å². The Bertz CT molecular complexity index is 1020. The molecule has 0 atom stereocenters. The summed E-state index contributed by atoms with van der Waals surface area (Å²) in [5.74, 6) is 0.227. The Balaban J connectivity index is 1.81. The van der Waals surface area contributed by atoms with Gasteiger partial charge in [-0.2, -0.15) is 4.98 Å². The predicted molar refractivity (Wildman–Crippen MR) is 103 cm³/mol. The maximum absolute atomic E-state index is 12.8. The summed E-state index contributed by atoms with van der Waals surface area (Å²) < 4.78 is 5.26. The van der Waals surface area contributed by atoms with Gasteiger partial charge in [0.05, 0.1) is 15.5 Å². The molecule has 0 saturated carbocycles. The van der Waals surface area contributed by atoms with Crippen LogP contribution in [0.2, 0.25) is 5.02 Å². The second-order valence-corrected chi connectivity index (χ2v) is 6.53. The fourth-order valence-corrected chi connectivity index (χ4v) is 2.79. The van der Waals surface area contributed by atoms with Gasteiger partial charge in [0.15, 0.2) is 0 Å². The van der Waals surface area contributed by atoms with E-state index in [2.05, 4.69) is 10.1 Å². The number of hydrogen-bond acceptors (Lipinski definition) is 6. The molecule has 3 aromatic rings. The third kappa shape index (κ3) is 4.17. The average molecular weight is 401 g/mol. The van der Waals surface area contributed by atoms with E-state index in [0.29, 0.717) is 12.4 Å². The summed E-state index contributed by atoms with van der Waals surface area (Å²) in [6.45, 7) is 4.16. The number of rotatable bonds is 6. The topological polar surface area (TPSA) is 102 Å². The van der Waals surface area contributed by atoms with Gasteiger partial charge in [0, 0.05) is 24.2 Å². The molecule has 3 rings (SSSR count). The molecule has 144 valence electrons. The second kappa shape index (κ2) is 8.18. The van der Waals surface area contributed by atoms with Crippen LogP contribution < -0.4 is 0 Å². The van der Waals surface area contributed by atoms with Gasteiger partial charge in [0.25, 0.3) is 11.6 Å². The number of hydrogen-bond donors (Lipinski definition) is 0. The van der Waals surface area contributed by atoms with Crippen LogP contribution in [-0.2, 0) is 6.54 Å². The Labute approximate surface area is 165 Å². The number of halogens is 1. The summed E-state index contributed by atoms with van der Waals surface area (Å²) in [6, 6.07) is 11.4. The summed E-state index contributed by atoms with van der Waals surface area (Å²) >= 11 is 6.08. The third-order valence-electron chi connectivity index (χ3n) is 4.16. The zero-order valence-electron chi connectivity index (χ0n) is 15.3. The lowest BCUT2D eigenvalue weighted by Crippen LogP contribution is -2.30. The van der Waals surface area contributed by atoms with Gasteiger partial charge in [-0.3, -0.25) is 14.9 Å². The van der Waals surface area contributed by atoms with Gasteiger partial charge in [-0.15, -0.1) is 0 Å². The molecule has 0 bridgehead atoms. The van der Waals surface area contributed by atoms with Gasteiger partial charge in [0.1, 0.15) is 6.54 Å². The molecule has 0 aliphatic carbocycles. The number of carbonyl (C=O) groups excluding carboxylic acids is 1. The molecule has 0 unspecified atom stereocenters. The molecule has 9 heteroatoms. The van der Waals surface area contributed by atoms with Crippen LogP contribution in [0.25, 0.3) is 11.4 Å². The number of nitro groups is 1. The van der Waals surface area contributed by atoms with E-state index < -0.39 is 10.8 Å². The van der Waals surface area contributed by atoms with E-state index in [1.54, 1.807) is 6.92 Å². The van der Waals surface area contributed by atoms with Gasteiger partial charge in [-0.05, 0) is 19.9 Å². The van der Waals surface area contributed by atoms with Crippen LogP contribution in [0.1, 0.15) is 28.7 Å². The molecule has 0 N–H and O–H groups in total. The molecule has 0 aliphatic rings. The Hall–Kier alpha value is -3.26. The average Bonchev–Trinajstić information content (AvgIpc) is 3.15. The van der Waals surface area contributed by atoms with Crippen LogP contribution in [0.3, 0.4) is 0 Å². The highest BCUT2D eigenvalue weighted by molar-refractivity contribution is 6.33. The van der Waals surface area contributed by atoms with E-state index in [9.17, 15) is 14.9 Å². The predicted octanol–water partition coefficient (Wildman–Crippen LogP) is 4.27. The second-order valence-electron chi connectivity index (χ2n) is 6.12. The maximum Gasteiger partial charge on any atom is 0.270 e. The molecule has 0 aliphatic heterocycles. The van der Waals surface area contributed by atoms with Gasteiger partial charge in [-0.1, -0.05) is 46.6 Å². The molecule has 1 aromatic heterocycles. The molecular formula is C19H17ClN4O4. The molecule has 28 heavy (non-hydrogen) atoms. The zero-order chi connectivity index (χ0) is 20.3. The van der Waals surface area contributed by atoms with Crippen LogP contribution in [0.5, 0.6) is 0 Å². The molecule has 2 aromatic carbocycles. The van der Waals surface area contributed by atoms with Crippen LogP contribution >= 0.6 is 11.6 Å². The Morgan fingerprint density at radius 3 is 2.61 bits per heavy atom. The zero-order valence-corrected chi connectivity index (χ0v) is 16.0. The monoisotopic (exact) mass is 400 g/mol. The summed E-state index contributed by atoms with van der Waals surface area (Å²) in [5, 5.41) is 15.1.